The molecule has 3 N–H and O–H groups in total. The Balaban J connectivity index is 0.00000676. The van der Waals surface area contributed by atoms with E-state index >= 15 is 0 Å². The number of nitrogens with zero attached hydrogens (tertiary/aromatic N) is 2. The zero-order valence-electron chi connectivity index (χ0n) is 16.0. The van der Waals surface area contributed by atoms with E-state index in [0.717, 1.165) is 5.56 Å². The Morgan fingerprint density at radius 3 is 2.37 bits per heavy atom. The standard InChI is InChI=1S/C18H29F3N4O.HI/c1-4-22-16(23-11-8-12-25(3)14-18(19,20)21)24-13-17(2,26)15-9-6-5-7-10-15;/h5-7,9-10,26H,4,8,11-14H2,1-3H3,(H2,22,23,24);1H. The highest BCUT2D eigenvalue weighted by Gasteiger charge is 2.28. The van der Waals surface area contributed by atoms with Crippen molar-refractivity contribution in [1.29, 1.82) is 0 Å². The fourth-order valence-electron chi connectivity index (χ4n) is 2.40. The Morgan fingerprint density at radius 2 is 1.81 bits per heavy atom. The van der Waals surface area contributed by atoms with E-state index in [1.54, 1.807) is 6.92 Å². The summed E-state index contributed by atoms with van der Waals surface area (Å²) in [5, 5.41) is 16.7. The average molecular weight is 502 g/mol. The Labute approximate surface area is 176 Å². The molecule has 5 nitrogen and oxygen atoms in total. The zero-order valence-corrected chi connectivity index (χ0v) is 18.3. The third-order valence-electron chi connectivity index (χ3n) is 3.74. The molecule has 156 valence electrons. The van der Waals surface area contributed by atoms with Gasteiger partial charge in [0.05, 0.1) is 13.1 Å². The molecule has 0 heterocycles. The second-order valence-electron chi connectivity index (χ2n) is 6.47. The van der Waals surface area contributed by atoms with Gasteiger partial charge in [-0.3, -0.25) is 4.90 Å². The van der Waals surface area contributed by atoms with Crippen LogP contribution in [0.5, 0.6) is 0 Å². The first kappa shape index (κ1) is 25.9. The maximum absolute atomic E-state index is 12.3. The molecule has 0 fully saturated rings. The van der Waals surface area contributed by atoms with E-state index in [-0.39, 0.29) is 30.5 Å². The van der Waals surface area contributed by atoms with Crippen molar-refractivity contribution < 1.29 is 18.3 Å². The molecule has 1 unspecified atom stereocenters. The lowest BCUT2D eigenvalue weighted by molar-refractivity contribution is -0.143. The van der Waals surface area contributed by atoms with E-state index in [1.165, 1.54) is 11.9 Å². The van der Waals surface area contributed by atoms with Gasteiger partial charge in [0.15, 0.2) is 5.96 Å². The molecule has 0 spiro atoms. The van der Waals surface area contributed by atoms with Crippen molar-refractivity contribution in [1.82, 2.24) is 15.5 Å². The summed E-state index contributed by atoms with van der Waals surface area (Å²) in [6.07, 6.45) is -3.63. The van der Waals surface area contributed by atoms with Gasteiger partial charge < -0.3 is 15.7 Å². The SMILES string of the molecule is CCNC(=NCC(C)(O)c1ccccc1)NCCCN(C)CC(F)(F)F.I. The zero-order chi connectivity index (χ0) is 19.6. The van der Waals surface area contributed by atoms with Crippen LogP contribution < -0.4 is 10.6 Å². The average Bonchev–Trinajstić information content (AvgIpc) is 2.55. The van der Waals surface area contributed by atoms with Crippen molar-refractivity contribution >= 4 is 29.9 Å². The lowest BCUT2D eigenvalue weighted by atomic mass is 9.96. The normalized spacial score (nSPS) is 14.4. The van der Waals surface area contributed by atoms with Crippen LogP contribution in [0.25, 0.3) is 0 Å². The van der Waals surface area contributed by atoms with E-state index in [0.29, 0.717) is 32.0 Å². The third kappa shape index (κ3) is 11.4. The summed E-state index contributed by atoms with van der Waals surface area (Å²) in [6, 6.07) is 9.27. The van der Waals surface area contributed by atoms with Crippen LogP contribution in [0, 0.1) is 0 Å². The van der Waals surface area contributed by atoms with Gasteiger partial charge in [-0.1, -0.05) is 30.3 Å². The quantitative estimate of drug-likeness (QED) is 0.211. The minimum atomic E-state index is -4.18. The predicted octanol–water partition coefficient (Wildman–Crippen LogP) is 2.95. The molecule has 0 aromatic heterocycles. The largest absolute Gasteiger partial charge is 0.401 e. The number of alkyl halides is 3. The van der Waals surface area contributed by atoms with Gasteiger partial charge >= 0.3 is 6.18 Å². The Hall–Kier alpha value is -1.07. The molecule has 27 heavy (non-hydrogen) atoms. The first-order valence-electron chi connectivity index (χ1n) is 8.69. The van der Waals surface area contributed by atoms with Gasteiger partial charge in [0.2, 0.25) is 0 Å². The second-order valence-corrected chi connectivity index (χ2v) is 6.47. The van der Waals surface area contributed by atoms with Gasteiger partial charge in [-0.15, -0.1) is 24.0 Å². The minimum Gasteiger partial charge on any atom is -0.384 e. The highest BCUT2D eigenvalue weighted by atomic mass is 127. The molecule has 1 rings (SSSR count). The van der Waals surface area contributed by atoms with Crippen molar-refractivity contribution in [3.8, 4) is 0 Å². The van der Waals surface area contributed by atoms with Crippen LogP contribution in [0.2, 0.25) is 0 Å². The molecule has 0 saturated carbocycles. The summed E-state index contributed by atoms with van der Waals surface area (Å²) in [5.74, 6) is 0.530. The molecule has 1 aromatic rings. The minimum absolute atomic E-state index is 0. The Kier molecular flexibility index (Phi) is 11.9. The highest BCUT2D eigenvalue weighted by molar-refractivity contribution is 14.0. The molecule has 0 bridgehead atoms. The van der Waals surface area contributed by atoms with Gasteiger partial charge in [0.1, 0.15) is 5.60 Å². The Morgan fingerprint density at radius 1 is 1.19 bits per heavy atom. The van der Waals surface area contributed by atoms with Gasteiger partial charge in [-0.05, 0) is 39.4 Å². The monoisotopic (exact) mass is 502 g/mol. The molecule has 9 heteroatoms. The molecule has 1 aromatic carbocycles. The molecule has 0 amide bonds. The fraction of sp³-hybridized carbons (Fsp3) is 0.611. The fourth-order valence-corrected chi connectivity index (χ4v) is 2.40. The van der Waals surface area contributed by atoms with Gasteiger partial charge in [0, 0.05) is 13.1 Å². The molecule has 0 aliphatic heterocycles. The van der Waals surface area contributed by atoms with Gasteiger partial charge in [-0.25, -0.2) is 4.99 Å². The van der Waals surface area contributed by atoms with Crippen LogP contribution in [0.3, 0.4) is 0 Å². The number of aliphatic hydroxyl groups is 1. The van der Waals surface area contributed by atoms with E-state index < -0.39 is 18.3 Å². The first-order chi connectivity index (χ1) is 12.1. The topological polar surface area (TPSA) is 59.9 Å². The molecule has 0 radical (unpaired) electrons. The number of halogens is 4. The summed E-state index contributed by atoms with van der Waals surface area (Å²) < 4.78 is 36.9. The maximum atomic E-state index is 12.3. The van der Waals surface area contributed by atoms with Crippen LogP contribution in [0.1, 0.15) is 25.8 Å². The molecular formula is C18H30F3IN4O. The summed E-state index contributed by atoms with van der Waals surface area (Å²) >= 11 is 0. The lowest BCUT2D eigenvalue weighted by Gasteiger charge is -2.23. The summed E-state index contributed by atoms with van der Waals surface area (Å²) in [7, 11) is 1.45. The highest BCUT2D eigenvalue weighted by Crippen LogP contribution is 2.20. The summed E-state index contributed by atoms with van der Waals surface area (Å²) in [6.45, 7) is 4.33. The smallest absolute Gasteiger partial charge is 0.384 e. The van der Waals surface area contributed by atoms with Crippen molar-refractivity contribution in [3.05, 3.63) is 35.9 Å². The van der Waals surface area contributed by atoms with E-state index in [9.17, 15) is 18.3 Å². The summed E-state index contributed by atoms with van der Waals surface area (Å²) in [5.41, 5.74) is -0.329. The van der Waals surface area contributed by atoms with Crippen molar-refractivity contribution in [3.63, 3.8) is 0 Å². The molecule has 0 aliphatic rings. The van der Waals surface area contributed by atoms with Crippen LogP contribution in [-0.4, -0.2) is 61.9 Å². The number of hydrogen-bond donors (Lipinski definition) is 3. The molecule has 0 saturated heterocycles. The number of nitrogens with one attached hydrogen (secondary N) is 2. The van der Waals surface area contributed by atoms with Gasteiger partial charge in [0.25, 0.3) is 0 Å². The third-order valence-corrected chi connectivity index (χ3v) is 3.74. The van der Waals surface area contributed by atoms with Crippen molar-refractivity contribution in [2.24, 2.45) is 4.99 Å². The predicted molar refractivity (Wildman–Crippen MR) is 114 cm³/mol. The number of aliphatic imine (C=N–C) groups is 1. The summed E-state index contributed by atoms with van der Waals surface area (Å²) in [4.78, 5) is 5.63. The molecular weight excluding hydrogens is 472 g/mol. The van der Waals surface area contributed by atoms with Crippen LogP contribution in [-0.2, 0) is 5.60 Å². The van der Waals surface area contributed by atoms with E-state index in [2.05, 4.69) is 15.6 Å². The van der Waals surface area contributed by atoms with E-state index in [4.69, 9.17) is 0 Å². The maximum Gasteiger partial charge on any atom is 0.401 e. The van der Waals surface area contributed by atoms with Gasteiger partial charge in [-0.2, -0.15) is 13.2 Å². The van der Waals surface area contributed by atoms with Crippen LogP contribution >= 0.6 is 24.0 Å². The van der Waals surface area contributed by atoms with E-state index in [1.807, 2.05) is 37.3 Å². The number of benzene rings is 1. The van der Waals surface area contributed by atoms with Crippen molar-refractivity contribution in [2.45, 2.75) is 32.0 Å². The number of rotatable bonds is 9. The van der Waals surface area contributed by atoms with Crippen molar-refractivity contribution in [2.75, 3.05) is 39.8 Å². The Bertz CT molecular complexity index is 553. The lowest BCUT2D eigenvalue weighted by Crippen LogP contribution is -2.40. The number of guanidine groups is 1. The van der Waals surface area contributed by atoms with Crippen LogP contribution in [0.15, 0.2) is 35.3 Å². The van der Waals surface area contributed by atoms with Crippen LogP contribution in [0.4, 0.5) is 13.2 Å². The first-order valence-corrected chi connectivity index (χ1v) is 8.69. The number of hydrogen-bond acceptors (Lipinski definition) is 3. The second kappa shape index (κ2) is 12.4. The molecule has 0 aliphatic carbocycles. The molecule has 1 atom stereocenters.